The average Bonchev–Trinajstić information content (AvgIpc) is 3.69. The summed E-state index contributed by atoms with van der Waals surface area (Å²) in [6, 6.07) is 14.9. The first-order valence-corrected chi connectivity index (χ1v) is 22.2. The molecule has 0 spiro atoms. The summed E-state index contributed by atoms with van der Waals surface area (Å²) >= 11 is 0. The molecule has 12 N–H and O–H groups in total. The highest BCUT2D eigenvalue weighted by molar-refractivity contribution is 5.97. The molecule has 0 radical (unpaired) electrons. The maximum atomic E-state index is 13.8. The Morgan fingerprint density at radius 2 is 1.04 bits per heavy atom. The number of aromatic amines is 1. The van der Waals surface area contributed by atoms with Gasteiger partial charge in [-0.3, -0.25) is 33.6 Å². The second-order valence-electron chi connectivity index (χ2n) is 17.3. The van der Waals surface area contributed by atoms with E-state index in [0.29, 0.717) is 11.1 Å². The Morgan fingerprint density at radius 1 is 0.552 bits per heavy atom. The minimum absolute atomic E-state index is 0.00917. The Morgan fingerprint density at radius 3 is 1.66 bits per heavy atom. The van der Waals surface area contributed by atoms with Crippen LogP contribution < -0.4 is 43.0 Å². The number of nitrogens with one attached hydrogen (secondary N) is 8. The molecular formula is C48H63N9O10. The van der Waals surface area contributed by atoms with Crippen molar-refractivity contribution in [1.82, 2.24) is 42.2 Å². The third-order valence-electron chi connectivity index (χ3n) is 10.7. The van der Waals surface area contributed by atoms with Crippen LogP contribution in [0.25, 0.3) is 10.9 Å². The summed E-state index contributed by atoms with van der Waals surface area (Å²) < 4.78 is 0. The van der Waals surface area contributed by atoms with Crippen LogP contribution in [0.5, 0.6) is 5.75 Å². The molecule has 7 amide bonds. The molecule has 0 bridgehead atoms. The SMILES string of the molecule is CC(C)C[C@H](NC(=O)CNC(=O)[C@H](C)NC(=O)[C@H](CC(C)C)NC(=O)[C@H](Cc1c[nH]c2ccccc12)NC(=O)CN)C(=O)N[C@@H](Cc1ccccc1)C(=O)N[C@@H](Cc1ccc(O)cc1)C(=O)O. The molecule has 360 valence electrons. The molecule has 67 heavy (non-hydrogen) atoms. The number of hydrogen-bond acceptors (Lipinski definition) is 10. The highest BCUT2D eigenvalue weighted by Gasteiger charge is 2.32. The number of carboxylic acid groups (broad SMARTS) is 1. The number of benzene rings is 3. The van der Waals surface area contributed by atoms with Crippen LogP contribution in [0.3, 0.4) is 0 Å². The van der Waals surface area contributed by atoms with Crippen LogP contribution in [-0.4, -0.2) is 112 Å². The zero-order chi connectivity index (χ0) is 49.2. The molecule has 0 aliphatic carbocycles. The van der Waals surface area contributed by atoms with E-state index in [4.69, 9.17) is 5.73 Å². The number of carbonyl (C=O) groups is 8. The summed E-state index contributed by atoms with van der Waals surface area (Å²) in [5.41, 5.74) is 8.35. The van der Waals surface area contributed by atoms with Crippen molar-refractivity contribution in [3.8, 4) is 5.75 Å². The van der Waals surface area contributed by atoms with Crippen molar-refractivity contribution < 1.29 is 48.6 Å². The third kappa shape index (κ3) is 16.9. The van der Waals surface area contributed by atoms with Crippen molar-refractivity contribution in [3.05, 3.63) is 102 Å². The minimum Gasteiger partial charge on any atom is -0.508 e. The lowest BCUT2D eigenvalue weighted by atomic mass is 10.0. The van der Waals surface area contributed by atoms with Crippen LogP contribution >= 0.6 is 0 Å². The van der Waals surface area contributed by atoms with E-state index >= 15 is 0 Å². The van der Waals surface area contributed by atoms with E-state index in [-0.39, 0.29) is 56.2 Å². The molecule has 4 rings (SSSR count). The largest absolute Gasteiger partial charge is 0.508 e. The average molecular weight is 926 g/mol. The fourth-order valence-corrected chi connectivity index (χ4v) is 7.28. The molecule has 0 aliphatic heterocycles. The molecule has 1 heterocycles. The number of aromatic nitrogens is 1. The highest BCUT2D eigenvalue weighted by Crippen LogP contribution is 2.20. The summed E-state index contributed by atoms with van der Waals surface area (Å²) in [7, 11) is 0. The van der Waals surface area contributed by atoms with Gasteiger partial charge in [0.05, 0.1) is 13.1 Å². The molecule has 0 saturated heterocycles. The zero-order valence-electron chi connectivity index (χ0n) is 38.4. The second-order valence-corrected chi connectivity index (χ2v) is 17.3. The zero-order valence-corrected chi connectivity index (χ0v) is 38.4. The Kier molecular flexibility index (Phi) is 19.9. The number of amides is 7. The van der Waals surface area contributed by atoms with E-state index < -0.39 is 90.1 Å². The summed E-state index contributed by atoms with van der Waals surface area (Å²) in [4.78, 5) is 109. The Bertz CT molecular complexity index is 2330. The van der Waals surface area contributed by atoms with Gasteiger partial charge in [0, 0.05) is 36.4 Å². The van der Waals surface area contributed by atoms with Gasteiger partial charge < -0.3 is 58.1 Å². The molecular weight excluding hydrogens is 863 g/mol. The molecule has 19 nitrogen and oxygen atoms in total. The number of phenolic OH excluding ortho intramolecular Hbond substituents is 1. The molecule has 19 heteroatoms. The van der Waals surface area contributed by atoms with Gasteiger partial charge >= 0.3 is 5.97 Å². The Balaban J connectivity index is 1.38. The number of aromatic hydroxyl groups is 1. The third-order valence-corrected chi connectivity index (χ3v) is 10.7. The number of carboxylic acids is 1. The van der Waals surface area contributed by atoms with Crippen molar-refractivity contribution in [1.29, 1.82) is 0 Å². The lowest BCUT2D eigenvalue weighted by Crippen LogP contribution is -2.58. The van der Waals surface area contributed by atoms with Crippen molar-refractivity contribution in [2.45, 2.75) is 103 Å². The standard InChI is InChI=1S/C48H63N9O10/c1-27(2)19-36(45(63)56-38(21-30-11-7-6-8-12-30)46(64)57-40(48(66)67)22-31-15-17-33(58)18-16-31)54-42(60)26-51-43(61)29(5)52-44(62)37(20-28(3)4)55-47(65)39(53-41(59)24-49)23-32-25-50-35-14-10-9-13-34(32)35/h6-18,25,27-29,36-40,50,58H,19-24,26,49H2,1-5H3,(H,51,61)(H,52,62)(H,53,59)(H,54,60)(H,55,65)(H,56,63)(H,57,64)(H,66,67)/t29-,36-,37-,38-,39-,40-/m0/s1. The van der Waals surface area contributed by atoms with Gasteiger partial charge in [0.25, 0.3) is 0 Å². The van der Waals surface area contributed by atoms with E-state index in [1.54, 1.807) is 36.5 Å². The van der Waals surface area contributed by atoms with Gasteiger partial charge in [0.2, 0.25) is 41.4 Å². The van der Waals surface area contributed by atoms with Gasteiger partial charge in [-0.2, -0.15) is 0 Å². The van der Waals surface area contributed by atoms with Gasteiger partial charge in [-0.05, 0) is 66.5 Å². The summed E-state index contributed by atoms with van der Waals surface area (Å²) in [6.07, 6.45) is 2.04. The molecule has 4 aromatic rings. The summed E-state index contributed by atoms with van der Waals surface area (Å²) in [6.45, 7) is 7.79. The number of carbonyl (C=O) groups excluding carboxylic acids is 7. The van der Waals surface area contributed by atoms with Crippen LogP contribution in [0.1, 0.15) is 64.2 Å². The maximum Gasteiger partial charge on any atom is 0.326 e. The number of phenols is 1. The van der Waals surface area contributed by atoms with E-state index in [2.05, 4.69) is 42.2 Å². The van der Waals surface area contributed by atoms with E-state index in [1.165, 1.54) is 31.2 Å². The number of H-pyrrole nitrogens is 1. The first-order valence-electron chi connectivity index (χ1n) is 22.2. The van der Waals surface area contributed by atoms with Crippen LogP contribution in [0, 0.1) is 11.8 Å². The molecule has 0 saturated carbocycles. The molecule has 0 fully saturated rings. The quantitative estimate of drug-likeness (QED) is 0.0447. The van der Waals surface area contributed by atoms with Crippen molar-refractivity contribution in [3.63, 3.8) is 0 Å². The first-order chi connectivity index (χ1) is 31.8. The Labute approximate surface area is 389 Å². The Hall–Kier alpha value is -7.28. The van der Waals surface area contributed by atoms with Gasteiger partial charge in [-0.1, -0.05) is 88.4 Å². The van der Waals surface area contributed by atoms with Crippen LogP contribution in [0.2, 0.25) is 0 Å². The smallest absolute Gasteiger partial charge is 0.326 e. The molecule has 0 aliphatic rings. The van der Waals surface area contributed by atoms with E-state index in [0.717, 1.165) is 16.5 Å². The maximum absolute atomic E-state index is 13.8. The summed E-state index contributed by atoms with van der Waals surface area (Å²) in [5.74, 6) is -6.39. The molecule has 6 atom stereocenters. The predicted octanol–water partition coefficient (Wildman–Crippen LogP) is 1.08. The number of fused-ring (bicyclic) bond motifs is 1. The number of para-hydroxylation sites is 1. The monoisotopic (exact) mass is 925 g/mol. The summed E-state index contributed by atoms with van der Waals surface area (Å²) in [5, 5.41) is 38.7. The number of nitrogens with two attached hydrogens (primary N) is 1. The van der Waals surface area contributed by atoms with Crippen LogP contribution in [-0.2, 0) is 57.6 Å². The predicted molar refractivity (Wildman–Crippen MR) is 250 cm³/mol. The van der Waals surface area contributed by atoms with Crippen molar-refractivity contribution >= 4 is 58.2 Å². The van der Waals surface area contributed by atoms with E-state index in [1.807, 2.05) is 52.0 Å². The second kappa shape index (κ2) is 25.4. The van der Waals surface area contributed by atoms with Crippen molar-refractivity contribution in [2.75, 3.05) is 13.1 Å². The number of hydrogen-bond donors (Lipinski definition) is 11. The first kappa shape index (κ1) is 52.3. The van der Waals surface area contributed by atoms with Gasteiger partial charge in [-0.15, -0.1) is 0 Å². The van der Waals surface area contributed by atoms with Crippen molar-refractivity contribution in [2.24, 2.45) is 17.6 Å². The minimum atomic E-state index is -1.38. The lowest BCUT2D eigenvalue weighted by molar-refractivity contribution is -0.142. The topological polar surface area (TPSA) is 303 Å². The van der Waals surface area contributed by atoms with Gasteiger partial charge in [-0.25, -0.2) is 4.79 Å². The molecule has 1 aromatic heterocycles. The fourth-order valence-electron chi connectivity index (χ4n) is 7.28. The van der Waals surface area contributed by atoms with Gasteiger partial charge in [0.15, 0.2) is 0 Å². The lowest BCUT2D eigenvalue weighted by Gasteiger charge is -2.26. The van der Waals surface area contributed by atoms with E-state index in [9.17, 15) is 48.6 Å². The highest BCUT2D eigenvalue weighted by atomic mass is 16.4. The fraction of sp³-hybridized carbons (Fsp3) is 0.417. The normalized spacial score (nSPS) is 13.9. The number of aliphatic carboxylic acids is 1. The number of rotatable bonds is 25. The molecule has 0 unspecified atom stereocenters. The van der Waals surface area contributed by atoms with Crippen LogP contribution in [0.4, 0.5) is 0 Å². The van der Waals surface area contributed by atoms with Gasteiger partial charge in [0.1, 0.15) is 42.0 Å². The van der Waals surface area contributed by atoms with Crippen LogP contribution in [0.15, 0.2) is 85.1 Å². The molecule has 3 aromatic carbocycles.